The van der Waals surface area contributed by atoms with Crippen molar-refractivity contribution < 1.29 is 9.31 Å². The SMILES string of the molecule is O=[N+]([O-])c1ccc(F)cc1CNCc1ccccc1Br. The van der Waals surface area contributed by atoms with Crippen LogP contribution in [0.25, 0.3) is 0 Å². The number of nitrogens with one attached hydrogen (secondary N) is 1. The van der Waals surface area contributed by atoms with Crippen LogP contribution in [0, 0.1) is 15.9 Å². The smallest absolute Gasteiger partial charge is 0.274 e. The van der Waals surface area contributed by atoms with Gasteiger partial charge in [0.15, 0.2) is 0 Å². The number of benzene rings is 2. The van der Waals surface area contributed by atoms with E-state index < -0.39 is 10.7 Å². The third-order valence-electron chi connectivity index (χ3n) is 2.83. The number of nitrogens with zero attached hydrogens (tertiary/aromatic N) is 1. The fourth-order valence-corrected chi connectivity index (χ4v) is 2.27. The summed E-state index contributed by atoms with van der Waals surface area (Å²) in [7, 11) is 0. The van der Waals surface area contributed by atoms with Crippen molar-refractivity contribution in [2.24, 2.45) is 0 Å². The van der Waals surface area contributed by atoms with E-state index in [2.05, 4.69) is 21.2 Å². The molecule has 0 saturated carbocycles. The van der Waals surface area contributed by atoms with E-state index in [9.17, 15) is 14.5 Å². The van der Waals surface area contributed by atoms with Gasteiger partial charge in [0, 0.05) is 29.2 Å². The van der Waals surface area contributed by atoms with Gasteiger partial charge in [-0.1, -0.05) is 34.1 Å². The molecule has 0 fully saturated rings. The molecule has 0 radical (unpaired) electrons. The van der Waals surface area contributed by atoms with E-state index in [4.69, 9.17) is 0 Å². The maximum Gasteiger partial charge on any atom is 0.274 e. The van der Waals surface area contributed by atoms with Gasteiger partial charge >= 0.3 is 0 Å². The van der Waals surface area contributed by atoms with Crippen molar-refractivity contribution in [3.05, 3.63) is 74.0 Å². The summed E-state index contributed by atoms with van der Waals surface area (Å²) >= 11 is 3.42. The van der Waals surface area contributed by atoms with Gasteiger partial charge in [-0.2, -0.15) is 0 Å². The van der Waals surface area contributed by atoms with Gasteiger partial charge in [0.2, 0.25) is 0 Å². The molecule has 0 aliphatic rings. The average Bonchev–Trinajstić information content (AvgIpc) is 2.41. The third kappa shape index (κ3) is 3.61. The summed E-state index contributed by atoms with van der Waals surface area (Å²) in [6.45, 7) is 0.768. The van der Waals surface area contributed by atoms with Crippen molar-refractivity contribution in [2.75, 3.05) is 0 Å². The Morgan fingerprint density at radius 2 is 1.85 bits per heavy atom. The number of rotatable bonds is 5. The van der Waals surface area contributed by atoms with Crippen LogP contribution in [-0.4, -0.2) is 4.92 Å². The molecular weight excluding hydrogens is 327 g/mol. The van der Waals surface area contributed by atoms with Crippen LogP contribution in [0.1, 0.15) is 11.1 Å². The molecule has 2 aromatic rings. The van der Waals surface area contributed by atoms with E-state index >= 15 is 0 Å². The zero-order valence-corrected chi connectivity index (χ0v) is 12.1. The van der Waals surface area contributed by atoms with Gasteiger partial charge in [-0.15, -0.1) is 0 Å². The zero-order valence-electron chi connectivity index (χ0n) is 10.5. The second kappa shape index (κ2) is 6.58. The summed E-state index contributed by atoms with van der Waals surface area (Å²) in [4.78, 5) is 10.4. The van der Waals surface area contributed by atoms with E-state index in [0.717, 1.165) is 16.1 Å². The van der Waals surface area contributed by atoms with Gasteiger partial charge in [-0.3, -0.25) is 10.1 Å². The predicted molar refractivity (Wildman–Crippen MR) is 77.7 cm³/mol. The van der Waals surface area contributed by atoms with Crippen LogP contribution in [0.4, 0.5) is 10.1 Å². The Kier molecular flexibility index (Phi) is 4.81. The normalized spacial score (nSPS) is 10.5. The minimum atomic E-state index is -0.505. The van der Waals surface area contributed by atoms with Gasteiger partial charge in [0.25, 0.3) is 5.69 Å². The molecule has 0 aliphatic carbocycles. The van der Waals surface area contributed by atoms with Crippen molar-refractivity contribution in [2.45, 2.75) is 13.1 Å². The lowest BCUT2D eigenvalue weighted by molar-refractivity contribution is -0.385. The monoisotopic (exact) mass is 338 g/mol. The highest BCUT2D eigenvalue weighted by molar-refractivity contribution is 9.10. The summed E-state index contributed by atoms with van der Waals surface area (Å²) in [6, 6.07) is 11.1. The Bertz CT molecular complexity index is 634. The van der Waals surface area contributed by atoms with Crippen molar-refractivity contribution in [1.82, 2.24) is 5.32 Å². The molecule has 0 heterocycles. The second-order valence-electron chi connectivity index (χ2n) is 4.23. The average molecular weight is 339 g/mol. The number of halogens is 2. The molecule has 0 spiro atoms. The Balaban J connectivity index is 2.06. The minimum absolute atomic E-state index is 0.0778. The molecule has 2 aromatic carbocycles. The zero-order chi connectivity index (χ0) is 14.5. The first kappa shape index (κ1) is 14.6. The van der Waals surface area contributed by atoms with E-state index in [-0.39, 0.29) is 12.2 Å². The Labute approximate surface area is 123 Å². The molecule has 0 aliphatic heterocycles. The molecule has 2 rings (SSSR count). The maximum absolute atomic E-state index is 13.2. The van der Waals surface area contributed by atoms with E-state index in [1.54, 1.807) is 0 Å². The topological polar surface area (TPSA) is 55.2 Å². The van der Waals surface area contributed by atoms with Gasteiger partial charge in [0.05, 0.1) is 4.92 Å². The largest absolute Gasteiger partial charge is 0.308 e. The van der Waals surface area contributed by atoms with Crippen LogP contribution < -0.4 is 5.32 Å². The maximum atomic E-state index is 13.2. The predicted octanol–water partition coefficient (Wildman–Crippen LogP) is 3.79. The van der Waals surface area contributed by atoms with Crippen LogP contribution in [0.2, 0.25) is 0 Å². The van der Waals surface area contributed by atoms with Gasteiger partial charge < -0.3 is 5.32 Å². The summed E-state index contributed by atoms with van der Waals surface area (Å²) in [5.41, 5.74) is 1.29. The van der Waals surface area contributed by atoms with E-state index in [1.165, 1.54) is 12.1 Å². The van der Waals surface area contributed by atoms with E-state index in [1.807, 2.05) is 24.3 Å². The number of nitro benzene ring substituents is 1. The minimum Gasteiger partial charge on any atom is -0.308 e. The molecule has 0 bridgehead atoms. The summed E-state index contributed by atoms with van der Waals surface area (Å²) in [6.07, 6.45) is 0. The van der Waals surface area contributed by atoms with Crippen LogP contribution in [-0.2, 0) is 13.1 Å². The van der Waals surface area contributed by atoms with Gasteiger partial charge in [-0.05, 0) is 23.8 Å². The van der Waals surface area contributed by atoms with Crippen LogP contribution in [0.5, 0.6) is 0 Å². The van der Waals surface area contributed by atoms with Gasteiger partial charge in [0.1, 0.15) is 5.82 Å². The molecule has 0 atom stereocenters. The Hall–Kier alpha value is -1.79. The lowest BCUT2D eigenvalue weighted by Gasteiger charge is -2.07. The molecule has 6 heteroatoms. The first-order valence-corrected chi connectivity index (χ1v) is 6.74. The van der Waals surface area contributed by atoms with Crippen LogP contribution in [0.3, 0.4) is 0 Å². The quantitative estimate of drug-likeness (QED) is 0.666. The molecule has 0 amide bonds. The molecule has 104 valence electrons. The lowest BCUT2D eigenvalue weighted by atomic mass is 10.1. The molecule has 0 aromatic heterocycles. The summed E-state index contributed by atoms with van der Waals surface area (Å²) in [5.74, 6) is -0.478. The second-order valence-corrected chi connectivity index (χ2v) is 5.08. The van der Waals surface area contributed by atoms with Crippen molar-refractivity contribution >= 4 is 21.6 Å². The first-order chi connectivity index (χ1) is 9.58. The number of hydrogen-bond acceptors (Lipinski definition) is 3. The molecule has 0 saturated heterocycles. The molecule has 0 unspecified atom stereocenters. The highest BCUT2D eigenvalue weighted by Gasteiger charge is 2.13. The molecule has 4 nitrogen and oxygen atoms in total. The fourth-order valence-electron chi connectivity index (χ4n) is 1.85. The first-order valence-electron chi connectivity index (χ1n) is 5.95. The summed E-state index contributed by atoms with van der Waals surface area (Å²) < 4.78 is 14.1. The van der Waals surface area contributed by atoms with E-state index in [0.29, 0.717) is 12.1 Å². The number of nitro groups is 1. The molecule has 1 N–H and O–H groups in total. The van der Waals surface area contributed by atoms with Crippen molar-refractivity contribution in [3.8, 4) is 0 Å². The molecular formula is C14H12BrFN2O2. The molecule has 20 heavy (non-hydrogen) atoms. The van der Waals surface area contributed by atoms with Crippen molar-refractivity contribution in [3.63, 3.8) is 0 Å². The Morgan fingerprint density at radius 1 is 1.15 bits per heavy atom. The standard InChI is InChI=1S/C14H12BrFN2O2/c15-13-4-2-1-3-10(13)8-17-9-11-7-12(16)5-6-14(11)18(19)20/h1-7,17H,8-9H2. The highest BCUT2D eigenvalue weighted by Crippen LogP contribution is 2.20. The highest BCUT2D eigenvalue weighted by atomic mass is 79.9. The lowest BCUT2D eigenvalue weighted by Crippen LogP contribution is -2.14. The Morgan fingerprint density at radius 3 is 2.55 bits per heavy atom. The van der Waals surface area contributed by atoms with Gasteiger partial charge in [-0.25, -0.2) is 4.39 Å². The fraction of sp³-hybridized carbons (Fsp3) is 0.143. The van der Waals surface area contributed by atoms with Crippen LogP contribution >= 0.6 is 15.9 Å². The van der Waals surface area contributed by atoms with Crippen LogP contribution in [0.15, 0.2) is 46.9 Å². The number of hydrogen-bond donors (Lipinski definition) is 1. The third-order valence-corrected chi connectivity index (χ3v) is 3.60. The van der Waals surface area contributed by atoms with Crippen molar-refractivity contribution in [1.29, 1.82) is 0 Å². The summed E-state index contributed by atoms with van der Waals surface area (Å²) in [5, 5.41) is 13.9.